The van der Waals surface area contributed by atoms with Crippen molar-refractivity contribution in [2.24, 2.45) is 22.9 Å². The highest BCUT2D eigenvalue weighted by Gasteiger charge is 2.65. The zero-order chi connectivity index (χ0) is 42.7. The van der Waals surface area contributed by atoms with Crippen molar-refractivity contribution in [2.45, 2.75) is 140 Å². The number of aliphatic hydroxyl groups is 2. The second-order valence-electron chi connectivity index (χ2n) is 16.8. The number of fused-ring (bicyclic) bond motifs is 2. The molecule has 5 rings (SSSR count). The average Bonchev–Trinajstić information content (AvgIpc) is 3.26. The Hall–Kier alpha value is -4.19. The molecular formula is C49H71N3O8. The highest BCUT2D eigenvalue weighted by molar-refractivity contribution is 6.03. The fraction of sp³-hybridized carbons (Fsp3) is 0.612. The van der Waals surface area contributed by atoms with E-state index in [1.165, 1.54) is 38.5 Å². The average molecular weight is 830 g/mol. The lowest BCUT2D eigenvalue weighted by molar-refractivity contribution is -0.255. The summed E-state index contributed by atoms with van der Waals surface area (Å²) in [6.07, 6.45) is 19.4. The highest BCUT2D eigenvalue weighted by atomic mass is 16.7. The van der Waals surface area contributed by atoms with E-state index in [1.54, 1.807) is 19.3 Å². The number of hydrogen-bond donors (Lipinski definition) is 3. The van der Waals surface area contributed by atoms with Gasteiger partial charge in [0.1, 0.15) is 24.7 Å². The number of carbonyl (C=O) groups excluding carboxylic acids is 2. The number of hydrogen-bond acceptors (Lipinski definition) is 9. The molecule has 1 fully saturated rings. The molecule has 0 unspecified atom stereocenters. The Bertz CT molecular complexity index is 1720. The van der Waals surface area contributed by atoms with E-state index in [9.17, 15) is 19.8 Å². The molecular weight excluding hydrogens is 759 g/mol. The van der Waals surface area contributed by atoms with Gasteiger partial charge in [-0.3, -0.25) is 4.79 Å². The van der Waals surface area contributed by atoms with Crippen molar-refractivity contribution in [3.63, 3.8) is 0 Å². The van der Waals surface area contributed by atoms with E-state index in [0.717, 1.165) is 67.4 Å². The number of nitrogens with one attached hydrogen (secondary N) is 1. The molecule has 0 spiro atoms. The van der Waals surface area contributed by atoms with Crippen LogP contribution in [0.25, 0.3) is 0 Å². The van der Waals surface area contributed by atoms with Crippen molar-refractivity contribution in [1.29, 1.82) is 0 Å². The predicted octanol–water partition coefficient (Wildman–Crippen LogP) is 9.62. The molecule has 3 N–H and O–H groups in total. The molecule has 330 valence electrons. The van der Waals surface area contributed by atoms with Crippen molar-refractivity contribution in [3.8, 4) is 11.5 Å². The molecule has 0 aromatic heterocycles. The summed E-state index contributed by atoms with van der Waals surface area (Å²) in [5.74, 6) is -0.763. The second-order valence-corrected chi connectivity index (χ2v) is 16.8. The summed E-state index contributed by atoms with van der Waals surface area (Å²) >= 11 is 0. The Morgan fingerprint density at radius 2 is 1.65 bits per heavy atom. The monoisotopic (exact) mass is 830 g/mol. The van der Waals surface area contributed by atoms with Gasteiger partial charge >= 0.3 is 6.09 Å². The number of rotatable bonds is 26. The van der Waals surface area contributed by atoms with Gasteiger partial charge in [0, 0.05) is 51.1 Å². The molecule has 2 aromatic rings. The minimum absolute atomic E-state index is 0.0297. The van der Waals surface area contributed by atoms with Crippen LogP contribution in [0.4, 0.5) is 4.79 Å². The lowest BCUT2D eigenvalue weighted by Gasteiger charge is -2.59. The molecule has 1 saturated carbocycles. The van der Waals surface area contributed by atoms with E-state index in [-0.39, 0.29) is 43.5 Å². The van der Waals surface area contributed by atoms with Crippen LogP contribution in [0.5, 0.6) is 11.5 Å². The van der Waals surface area contributed by atoms with E-state index in [0.29, 0.717) is 43.7 Å². The van der Waals surface area contributed by atoms with Crippen molar-refractivity contribution in [3.05, 3.63) is 84.0 Å². The molecule has 2 aromatic carbocycles. The van der Waals surface area contributed by atoms with Crippen LogP contribution in [-0.2, 0) is 20.9 Å². The summed E-state index contributed by atoms with van der Waals surface area (Å²) in [4.78, 5) is 34.8. The minimum atomic E-state index is -1.31. The standard InChI is InChI=1S/C49H71N3O8/c1-5-7-8-9-10-11-12-13-17-26-45(55)52(3)44-34-42(51-57-4)40-32-37(24-18-20-29-53)39(25-19-21-30-54)46-41-33-38(59-48(56)50-35-36-22-15-14-16-23-36)27-28-43(41)60-49(44,47(40)46)58-31-6-2/h6,14-16,22-23,27-28,32-33,37,39,44,46-47,53-54H,2,5,7-13,17-21,24-26,29-31,34-35H2,1,3-4H3,(H,50,56)/t37-,39+,44-,46+,47+,49+/m0/s1. The quantitative estimate of drug-likeness (QED) is 0.0484. The summed E-state index contributed by atoms with van der Waals surface area (Å²) in [6, 6.07) is 14.6. The molecule has 0 saturated heterocycles. The maximum atomic E-state index is 14.2. The zero-order valence-corrected chi connectivity index (χ0v) is 36.5. The number of carbonyl (C=O) groups is 2. The van der Waals surface area contributed by atoms with Gasteiger partial charge in [-0.2, -0.15) is 0 Å². The summed E-state index contributed by atoms with van der Waals surface area (Å²) in [6.45, 7) is 6.97. The Morgan fingerprint density at radius 1 is 0.950 bits per heavy atom. The smallest absolute Gasteiger partial charge is 0.412 e. The van der Waals surface area contributed by atoms with Crippen molar-refractivity contribution < 1.29 is 38.9 Å². The van der Waals surface area contributed by atoms with Crippen molar-refractivity contribution >= 4 is 17.7 Å². The Labute approximate surface area is 358 Å². The Morgan fingerprint density at radius 3 is 2.33 bits per heavy atom. The normalized spacial score (nSPS) is 23.4. The molecule has 6 atom stereocenters. The maximum Gasteiger partial charge on any atom is 0.412 e. The first-order valence-electron chi connectivity index (χ1n) is 22.7. The van der Waals surface area contributed by atoms with Gasteiger partial charge < -0.3 is 39.5 Å². The van der Waals surface area contributed by atoms with Gasteiger partial charge in [0.2, 0.25) is 11.7 Å². The fourth-order valence-electron chi connectivity index (χ4n) is 9.75. The van der Waals surface area contributed by atoms with Gasteiger partial charge in [-0.25, -0.2) is 4.79 Å². The number of likely N-dealkylation sites (N-methyl/N-ethyl adjacent to an activating group) is 1. The van der Waals surface area contributed by atoms with E-state index in [2.05, 4.69) is 30.1 Å². The minimum Gasteiger partial charge on any atom is -0.459 e. The predicted molar refractivity (Wildman–Crippen MR) is 236 cm³/mol. The summed E-state index contributed by atoms with van der Waals surface area (Å²) in [7, 11) is 3.41. The number of benzene rings is 2. The lowest BCUT2D eigenvalue weighted by atomic mass is 9.55. The number of unbranched alkanes of at least 4 members (excludes halogenated alkanes) is 10. The van der Waals surface area contributed by atoms with Crippen LogP contribution in [0.2, 0.25) is 0 Å². The van der Waals surface area contributed by atoms with Crippen LogP contribution in [0.1, 0.15) is 133 Å². The Balaban J connectivity index is 1.53. The highest BCUT2D eigenvalue weighted by Crippen LogP contribution is 2.61. The van der Waals surface area contributed by atoms with Crippen LogP contribution in [0, 0.1) is 17.8 Å². The zero-order valence-electron chi connectivity index (χ0n) is 36.5. The van der Waals surface area contributed by atoms with Crippen molar-refractivity contribution in [1.82, 2.24) is 10.2 Å². The third-order valence-electron chi connectivity index (χ3n) is 12.7. The Kier molecular flexibility index (Phi) is 19.0. The van der Waals surface area contributed by atoms with Gasteiger partial charge in [-0.1, -0.05) is 119 Å². The molecule has 11 nitrogen and oxygen atoms in total. The van der Waals surface area contributed by atoms with Gasteiger partial charge in [-0.15, -0.1) is 6.58 Å². The maximum absolute atomic E-state index is 14.2. The van der Waals surface area contributed by atoms with Crippen LogP contribution < -0.4 is 14.8 Å². The molecule has 1 aliphatic heterocycles. The number of nitrogens with zero attached hydrogens (tertiary/aromatic N) is 2. The second kappa shape index (κ2) is 24.3. The lowest BCUT2D eigenvalue weighted by Crippen LogP contribution is -2.69. The van der Waals surface area contributed by atoms with E-state index < -0.39 is 23.8 Å². The van der Waals surface area contributed by atoms with Crippen LogP contribution >= 0.6 is 0 Å². The topological polar surface area (TPSA) is 139 Å². The first-order valence-corrected chi connectivity index (χ1v) is 22.7. The molecule has 60 heavy (non-hydrogen) atoms. The van der Waals surface area contributed by atoms with Crippen LogP contribution in [0.15, 0.2) is 78.0 Å². The first kappa shape index (κ1) is 46.9. The molecule has 0 bridgehead atoms. The van der Waals surface area contributed by atoms with Gasteiger partial charge in [0.25, 0.3) is 0 Å². The molecule has 11 heteroatoms. The fourth-order valence-corrected chi connectivity index (χ4v) is 9.75. The summed E-state index contributed by atoms with van der Waals surface area (Å²) in [5.41, 5.74) is 3.56. The first-order chi connectivity index (χ1) is 29.3. The van der Waals surface area contributed by atoms with Gasteiger partial charge in [-0.05, 0) is 73.3 Å². The molecule has 2 aliphatic carbocycles. The number of allylic oxidation sites excluding steroid dienone is 1. The third kappa shape index (κ3) is 12.0. The third-order valence-corrected chi connectivity index (χ3v) is 12.7. The van der Waals surface area contributed by atoms with Crippen LogP contribution in [0.3, 0.4) is 0 Å². The molecule has 3 aliphatic rings. The van der Waals surface area contributed by atoms with E-state index >= 15 is 0 Å². The van der Waals surface area contributed by atoms with Gasteiger partial charge in [0.05, 0.1) is 18.2 Å². The number of ether oxygens (including phenoxy) is 3. The number of amides is 2. The van der Waals surface area contributed by atoms with E-state index in [4.69, 9.17) is 19.0 Å². The van der Waals surface area contributed by atoms with E-state index in [1.807, 2.05) is 54.4 Å². The number of oxime groups is 1. The summed E-state index contributed by atoms with van der Waals surface area (Å²) < 4.78 is 20.1. The van der Waals surface area contributed by atoms with Crippen LogP contribution in [-0.4, -0.2) is 78.6 Å². The summed E-state index contributed by atoms with van der Waals surface area (Å²) in [5, 5.41) is 27.2. The number of aliphatic hydroxyl groups excluding tert-OH is 2. The molecule has 1 heterocycles. The largest absolute Gasteiger partial charge is 0.459 e. The van der Waals surface area contributed by atoms with Gasteiger partial charge in [0.15, 0.2) is 0 Å². The molecule has 0 radical (unpaired) electrons. The van der Waals surface area contributed by atoms with Crippen molar-refractivity contribution in [2.75, 3.05) is 34.0 Å². The molecule has 2 amide bonds. The SMILES string of the molecule is C=CCO[C@@]12Oc3ccc(OC(=O)NCc4ccccc4)cc3[C@H]3[C@H](CCCCO)[C@@H](CCCCO)C=C(C(=NOC)C[C@@H]1N(C)C(=O)CCCCCCCCCCC)[C@H]32.